The van der Waals surface area contributed by atoms with E-state index in [2.05, 4.69) is 15.4 Å². The highest BCUT2D eigenvalue weighted by atomic mass is 32.1. The second-order valence-electron chi connectivity index (χ2n) is 7.88. The van der Waals surface area contributed by atoms with E-state index < -0.39 is 5.91 Å². The zero-order valence-corrected chi connectivity index (χ0v) is 19.0. The van der Waals surface area contributed by atoms with E-state index in [1.165, 1.54) is 0 Å². The Balaban J connectivity index is 1.41. The van der Waals surface area contributed by atoms with E-state index in [-0.39, 0.29) is 11.9 Å². The third-order valence-corrected chi connectivity index (χ3v) is 6.25. The summed E-state index contributed by atoms with van der Waals surface area (Å²) in [5.74, 6) is 0.932. The third kappa shape index (κ3) is 4.81. The van der Waals surface area contributed by atoms with Crippen molar-refractivity contribution in [2.24, 2.45) is 0 Å². The number of hydrogen-bond donors (Lipinski definition) is 1. The van der Waals surface area contributed by atoms with Crippen molar-refractivity contribution in [2.75, 3.05) is 18.5 Å². The Kier molecular flexibility index (Phi) is 6.19. The maximum atomic E-state index is 13.2. The van der Waals surface area contributed by atoms with Gasteiger partial charge >= 0.3 is 0 Å². The van der Waals surface area contributed by atoms with Gasteiger partial charge in [-0.15, -0.1) is 16.4 Å². The number of anilines is 1. The highest BCUT2D eigenvalue weighted by Crippen LogP contribution is 2.29. The van der Waals surface area contributed by atoms with Crippen molar-refractivity contribution in [1.29, 1.82) is 0 Å². The molecule has 1 aliphatic rings. The number of carbonyl (C=O) groups is 1. The summed E-state index contributed by atoms with van der Waals surface area (Å²) in [6, 6.07) is 19.3. The lowest BCUT2D eigenvalue weighted by Gasteiger charge is -2.15. The fourth-order valence-corrected chi connectivity index (χ4v) is 4.41. The Morgan fingerprint density at radius 3 is 2.85 bits per heavy atom. The molecule has 1 N–H and O–H groups in total. The summed E-state index contributed by atoms with van der Waals surface area (Å²) in [4.78, 5) is 18.7. The van der Waals surface area contributed by atoms with Crippen molar-refractivity contribution in [1.82, 2.24) is 14.8 Å². The van der Waals surface area contributed by atoms with Crippen LogP contribution in [-0.4, -0.2) is 40.0 Å². The van der Waals surface area contributed by atoms with E-state index in [0.717, 1.165) is 35.6 Å². The Morgan fingerprint density at radius 2 is 2.09 bits per heavy atom. The molecule has 1 fully saturated rings. The molecule has 0 spiro atoms. The van der Waals surface area contributed by atoms with E-state index in [0.29, 0.717) is 23.9 Å². The van der Waals surface area contributed by atoms with Crippen molar-refractivity contribution in [3.63, 3.8) is 0 Å². The van der Waals surface area contributed by atoms with Crippen LogP contribution in [0.1, 0.15) is 29.0 Å². The van der Waals surface area contributed by atoms with Gasteiger partial charge < -0.3 is 14.8 Å². The van der Waals surface area contributed by atoms with Crippen LogP contribution in [-0.2, 0) is 4.74 Å². The maximum Gasteiger partial charge on any atom is 0.295 e. The normalized spacial score (nSPS) is 15.5. The van der Waals surface area contributed by atoms with Gasteiger partial charge in [-0.25, -0.2) is 9.67 Å². The number of thiophene rings is 1. The van der Waals surface area contributed by atoms with Crippen LogP contribution in [0, 0.1) is 6.92 Å². The lowest BCUT2D eigenvalue weighted by Crippen LogP contribution is -2.19. The van der Waals surface area contributed by atoms with Crippen LogP contribution in [0.15, 0.2) is 66.0 Å². The van der Waals surface area contributed by atoms with Gasteiger partial charge in [-0.3, -0.25) is 4.79 Å². The number of rotatable bonds is 7. The Labute approximate surface area is 196 Å². The van der Waals surface area contributed by atoms with E-state index in [1.54, 1.807) is 16.0 Å². The zero-order chi connectivity index (χ0) is 22.6. The monoisotopic (exact) mass is 460 g/mol. The quantitative estimate of drug-likeness (QED) is 0.414. The van der Waals surface area contributed by atoms with E-state index in [9.17, 15) is 4.79 Å². The van der Waals surface area contributed by atoms with Crippen molar-refractivity contribution in [3.8, 4) is 22.1 Å². The van der Waals surface area contributed by atoms with Gasteiger partial charge in [0.1, 0.15) is 12.4 Å². The molecule has 2 aromatic carbocycles. The molecule has 5 rings (SSSR count). The molecule has 1 amide bonds. The average molecular weight is 461 g/mol. The summed E-state index contributed by atoms with van der Waals surface area (Å²) in [6.07, 6.45) is 2.12. The van der Waals surface area contributed by atoms with Crippen molar-refractivity contribution < 1.29 is 14.3 Å². The van der Waals surface area contributed by atoms with Crippen LogP contribution < -0.4 is 10.1 Å². The molecule has 4 aromatic rings. The van der Waals surface area contributed by atoms with Crippen molar-refractivity contribution >= 4 is 22.9 Å². The minimum atomic E-state index is -0.395. The highest BCUT2D eigenvalue weighted by Gasteiger charge is 2.21. The molecule has 0 bridgehead atoms. The van der Waals surface area contributed by atoms with Gasteiger partial charge in [0.05, 0.1) is 22.4 Å². The molecule has 1 atom stereocenters. The first-order chi connectivity index (χ1) is 16.2. The topological polar surface area (TPSA) is 78.3 Å². The van der Waals surface area contributed by atoms with Gasteiger partial charge in [0.2, 0.25) is 5.82 Å². The first-order valence-corrected chi connectivity index (χ1v) is 11.8. The van der Waals surface area contributed by atoms with Crippen LogP contribution in [0.25, 0.3) is 16.4 Å². The first kappa shape index (κ1) is 21.4. The SMILES string of the molecule is Cc1ccc(NC(=O)c2nc(-c3cccs3)n(-c3ccccc3)n2)c(OCC2CCCO2)c1. The summed E-state index contributed by atoms with van der Waals surface area (Å²) in [6.45, 7) is 3.21. The number of nitrogens with one attached hydrogen (secondary N) is 1. The number of ether oxygens (including phenoxy) is 2. The number of para-hydroxylation sites is 1. The van der Waals surface area contributed by atoms with Crippen LogP contribution in [0.3, 0.4) is 0 Å². The number of carbonyl (C=O) groups excluding carboxylic acids is 1. The molecule has 3 heterocycles. The minimum Gasteiger partial charge on any atom is -0.489 e. The second kappa shape index (κ2) is 9.56. The molecule has 1 unspecified atom stereocenters. The smallest absolute Gasteiger partial charge is 0.295 e. The largest absolute Gasteiger partial charge is 0.489 e. The molecule has 0 saturated carbocycles. The number of aryl methyl sites for hydroxylation is 1. The van der Waals surface area contributed by atoms with E-state index in [4.69, 9.17) is 9.47 Å². The van der Waals surface area contributed by atoms with Crippen LogP contribution in [0.2, 0.25) is 0 Å². The van der Waals surface area contributed by atoms with Gasteiger partial charge in [0.25, 0.3) is 5.91 Å². The third-order valence-electron chi connectivity index (χ3n) is 5.39. The van der Waals surface area contributed by atoms with E-state index >= 15 is 0 Å². The fourth-order valence-electron chi connectivity index (χ4n) is 3.71. The summed E-state index contributed by atoms with van der Waals surface area (Å²) in [5, 5.41) is 9.43. The summed E-state index contributed by atoms with van der Waals surface area (Å²) in [5.41, 5.74) is 2.46. The average Bonchev–Trinajstić information content (AvgIpc) is 3.61. The molecule has 33 heavy (non-hydrogen) atoms. The van der Waals surface area contributed by atoms with Gasteiger partial charge in [-0.1, -0.05) is 30.3 Å². The lowest BCUT2D eigenvalue weighted by molar-refractivity contribution is 0.0681. The first-order valence-electron chi connectivity index (χ1n) is 10.9. The van der Waals surface area contributed by atoms with E-state index in [1.807, 2.05) is 73.0 Å². The van der Waals surface area contributed by atoms with Crippen LogP contribution in [0.5, 0.6) is 5.75 Å². The zero-order valence-electron chi connectivity index (χ0n) is 18.2. The molecule has 1 saturated heterocycles. The standard InChI is InChI=1S/C25H24N4O3S/c1-17-11-12-20(21(15-17)32-16-19-9-5-13-31-19)26-25(30)23-27-24(22-10-6-14-33-22)29(28-23)18-7-3-2-4-8-18/h2-4,6-8,10-12,14-15,19H,5,9,13,16H2,1H3,(H,26,30). The van der Waals surface area contributed by atoms with Crippen molar-refractivity contribution in [2.45, 2.75) is 25.9 Å². The Bertz CT molecular complexity index is 1230. The van der Waals surface area contributed by atoms with Gasteiger partial charge in [0.15, 0.2) is 5.82 Å². The molecule has 168 valence electrons. The van der Waals surface area contributed by atoms with Gasteiger partial charge in [0, 0.05) is 6.61 Å². The number of hydrogen-bond acceptors (Lipinski definition) is 6. The summed E-state index contributed by atoms with van der Waals surface area (Å²) >= 11 is 1.55. The maximum absolute atomic E-state index is 13.2. The predicted octanol–water partition coefficient (Wildman–Crippen LogP) is 5.11. The number of amides is 1. The minimum absolute atomic E-state index is 0.0886. The van der Waals surface area contributed by atoms with Gasteiger partial charge in [-0.05, 0) is 61.0 Å². The Morgan fingerprint density at radius 1 is 1.21 bits per heavy atom. The lowest BCUT2D eigenvalue weighted by atomic mass is 10.2. The Hall–Kier alpha value is -3.49. The molecular formula is C25H24N4O3S. The predicted molar refractivity (Wildman–Crippen MR) is 128 cm³/mol. The van der Waals surface area contributed by atoms with Crippen LogP contribution in [0.4, 0.5) is 5.69 Å². The second-order valence-corrected chi connectivity index (χ2v) is 8.83. The number of aromatic nitrogens is 3. The summed E-state index contributed by atoms with van der Waals surface area (Å²) in [7, 11) is 0. The molecule has 0 radical (unpaired) electrons. The van der Waals surface area contributed by atoms with Gasteiger partial charge in [-0.2, -0.15) is 0 Å². The molecule has 8 heteroatoms. The van der Waals surface area contributed by atoms with Crippen LogP contribution >= 0.6 is 11.3 Å². The fraction of sp³-hybridized carbons (Fsp3) is 0.240. The summed E-state index contributed by atoms with van der Waals surface area (Å²) < 4.78 is 13.4. The molecule has 2 aromatic heterocycles. The molecular weight excluding hydrogens is 436 g/mol. The number of nitrogens with zero attached hydrogens (tertiary/aromatic N) is 3. The number of benzene rings is 2. The molecule has 7 nitrogen and oxygen atoms in total. The van der Waals surface area contributed by atoms with Crippen molar-refractivity contribution in [3.05, 3.63) is 77.4 Å². The molecule has 0 aliphatic carbocycles. The highest BCUT2D eigenvalue weighted by molar-refractivity contribution is 7.13. The molecule has 1 aliphatic heterocycles.